The molecule has 0 radical (unpaired) electrons. The van der Waals surface area contributed by atoms with Crippen LogP contribution < -0.4 is 14.9 Å². The molecule has 8 heteroatoms. The zero-order valence-electron chi connectivity index (χ0n) is 15.4. The molecule has 0 aliphatic rings. The molecule has 0 aliphatic carbocycles. The van der Waals surface area contributed by atoms with Crippen molar-refractivity contribution < 1.29 is 19.0 Å². The van der Waals surface area contributed by atoms with Crippen LogP contribution in [-0.2, 0) is 4.74 Å². The normalized spacial score (nSPS) is 10.8. The summed E-state index contributed by atoms with van der Waals surface area (Å²) in [6.07, 6.45) is 2.58. The van der Waals surface area contributed by atoms with E-state index in [4.69, 9.17) is 14.2 Å². The Morgan fingerprint density at radius 3 is 2.81 bits per heavy atom. The largest absolute Gasteiger partial charge is 0.490 e. The van der Waals surface area contributed by atoms with Crippen LogP contribution in [0.4, 0.5) is 5.13 Å². The summed E-state index contributed by atoms with van der Waals surface area (Å²) in [4.78, 5) is 16.3. The van der Waals surface area contributed by atoms with Crippen LogP contribution in [0.15, 0.2) is 23.3 Å². The van der Waals surface area contributed by atoms with E-state index >= 15 is 0 Å². The Bertz CT molecular complexity index is 774. The Balaban J connectivity index is 2.08. The van der Waals surface area contributed by atoms with Gasteiger partial charge in [0.1, 0.15) is 4.88 Å². The number of aryl methyl sites for hydroxylation is 1. The highest BCUT2D eigenvalue weighted by molar-refractivity contribution is 7.17. The fourth-order valence-corrected chi connectivity index (χ4v) is 2.93. The van der Waals surface area contributed by atoms with E-state index in [1.807, 2.05) is 25.1 Å². The maximum atomic E-state index is 11.6. The number of nitrogens with zero attached hydrogens (tertiary/aromatic N) is 2. The number of carbonyl (C=O) groups excluding carboxylic acids is 1. The highest BCUT2D eigenvalue weighted by Crippen LogP contribution is 2.28. The van der Waals surface area contributed by atoms with Crippen LogP contribution in [0.2, 0.25) is 0 Å². The van der Waals surface area contributed by atoms with Crippen molar-refractivity contribution in [1.82, 2.24) is 4.98 Å². The molecule has 7 nitrogen and oxygen atoms in total. The summed E-state index contributed by atoms with van der Waals surface area (Å²) in [6, 6.07) is 5.63. The van der Waals surface area contributed by atoms with Crippen LogP contribution in [0.3, 0.4) is 0 Å². The molecule has 0 bridgehead atoms. The number of nitrogens with one attached hydrogen (secondary N) is 1. The van der Waals surface area contributed by atoms with Gasteiger partial charge in [0.25, 0.3) is 0 Å². The summed E-state index contributed by atoms with van der Waals surface area (Å²) in [5, 5.41) is 4.69. The first-order valence-corrected chi connectivity index (χ1v) is 9.15. The first-order valence-electron chi connectivity index (χ1n) is 8.33. The molecule has 0 saturated carbocycles. The zero-order chi connectivity index (χ0) is 18.9. The summed E-state index contributed by atoms with van der Waals surface area (Å²) in [7, 11) is 1.34. The van der Waals surface area contributed by atoms with Gasteiger partial charge in [0.15, 0.2) is 11.5 Å². The van der Waals surface area contributed by atoms with Gasteiger partial charge in [0.2, 0.25) is 5.13 Å². The van der Waals surface area contributed by atoms with Crippen LogP contribution in [0.1, 0.15) is 41.2 Å². The molecule has 1 N–H and O–H groups in total. The van der Waals surface area contributed by atoms with Gasteiger partial charge in [-0.1, -0.05) is 18.3 Å². The Morgan fingerprint density at radius 1 is 1.31 bits per heavy atom. The van der Waals surface area contributed by atoms with Crippen molar-refractivity contribution in [1.29, 1.82) is 0 Å². The third kappa shape index (κ3) is 5.19. The summed E-state index contributed by atoms with van der Waals surface area (Å²) >= 11 is 1.19. The summed E-state index contributed by atoms with van der Waals surface area (Å²) in [6.45, 7) is 6.92. The lowest BCUT2D eigenvalue weighted by atomic mass is 10.2. The number of thiazole rings is 1. The number of ether oxygens (including phenoxy) is 3. The van der Waals surface area contributed by atoms with E-state index in [-0.39, 0.29) is 0 Å². The van der Waals surface area contributed by atoms with Gasteiger partial charge in [0.05, 0.1) is 32.2 Å². The summed E-state index contributed by atoms with van der Waals surface area (Å²) < 4.78 is 16.0. The highest BCUT2D eigenvalue weighted by Gasteiger charge is 2.15. The lowest BCUT2D eigenvalue weighted by Crippen LogP contribution is -2.00. The third-order valence-electron chi connectivity index (χ3n) is 3.27. The molecule has 0 aliphatic heterocycles. The smallest absolute Gasteiger partial charge is 0.350 e. The molecule has 0 spiro atoms. The highest BCUT2D eigenvalue weighted by atomic mass is 32.1. The van der Waals surface area contributed by atoms with Crippen molar-refractivity contribution in [3.05, 3.63) is 34.3 Å². The van der Waals surface area contributed by atoms with Crippen molar-refractivity contribution in [2.24, 2.45) is 5.10 Å². The molecule has 0 atom stereocenters. The monoisotopic (exact) mass is 377 g/mol. The Kier molecular flexibility index (Phi) is 7.40. The lowest BCUT2D eigenvalue weighted by molar-refractivity contribution is 0.0605. The fraction of sp³-hybridized carbons (Fsp3) is 0.389. The molecule has 26 heavy (non-hydrogen) atoms. The summed E-state index contributed by atoms with van der Waals surface area (Å²) in [5.41, 5.74) is 4.29. The van der Waals surface area contributed by atoms with Crippen LogP contribution in [0, 0.1) is 6.92 Å². The number of carbonyl (C=O) groups is 1. The Morgan fingerprint density at radius 2 is 2.12 bits per heavy atom. The van der Waals surface area contributed by atoms with Crippen molar-refractivity contribution in [2.45, 2.75) is 27.2 Å². The number of hydrogen-bond acceptors (Lipinski definition) is 8. The molecule has 0 saturated heterocycles. The predicted molar refractivity (Wildman–Crippen MR) is 103 cm³/mol. The third-order valence-corrected chi connectivity index (χ3v) is 4.31. The minimum atomic E-state index is -0.402. The molecule has 0 amide bonds. The number of benzene rings is 1. The van der Waals surface area contributed by atoms with E-state index in [2.05, 4.69) is 22.4 Å². The first-order chi connectivity index (χ1) is 12.6. The van der Waals surface area contributed by atoms with Crippen LogP contribution in [0.25, 0.3) is 0 Å². The van der Waals surface area contributed by atoms with Gasteiger partial charge in [-0.3, -0.25) is 5.43 Å². The molecule has 1 aromatic heterocycles. The molecular formula is C18H23N3O4S. The molecule has 2 rings (SSSR count). The second kappa shape index (κ2) is 9.76. The second-order valence-corrected chi connectivity index (χ2v) is 6.28. The maximum absolute atomic E-state index is 11.6. The van der Waals surface area contributed by atoms with E-state index in [1.165, 1.54) is 18.4 Å². The molecule has 140 valence electrons. The molecular weight excluding hydrogens is 354 g/mol. The van der Waals surface area contributed by atoms with Gasteiger partial charge >= 0.3 is 5.97 Å². The van der Waals surface area contributed by atoms with Crippen LogP contribution >= 0.6 is 11.3 Å². The quantitative estimate of drug-likeness (QED) is 0.406. The van der Waals surface area contributed by atoms with Gasteiger partial charge in [0, 0.05) is 0 Å². The van der Waals surface area contributed by atoms with Crippen molar-refractivity contribution in [2.75, 3.05) is 25.7 Å². The predicted octanol–water partition coefficient (Wildman–Crippen LogP) is 3.87. The Hall–Kier alpha value is -2.61. The number of methoxy groups -OCH3 is 1. The average molecular weight is 377 g/mol. The van der Waals surface area contributed by atoms with Gasteiger partial charge in [-0.25, -0.2) is 9.78 Å². The van der Waals surface area contributed by atoms with E-state index in [1.54, 1.807) is 13.1 Å². The second-order valence-electron chi connectivity index (χ2n) is 5.28. The number of aromatic nitrogens is 1. The number of anilines is 1. The van der Waals surface area contributed by atoms with Gasteiger partial charge in [-0.05, 0) is 44.0 Å². The molecule has 2 aromatic rings. The fourth-order valence-electron chi connectivity index (χ4n) is 2.09. The van der Waals surface area contributed by atoms with E-state index < -0.39 is 5.97 Å². The summed E-state index contributed by atoms with van der Waals surface area (Å²) in [5.74, 6) is 1.00. The molecule has 1 aromatic carbocycles. The van der Waals surface area contributed by atoms with Gasteiger partial charge in [-0.2, -0.15) is 5.10 Å². The van der Waals surface area contributed by atoms with Gasteiger partial charge in [-0.15, -0.1) is 0 Å². The maximum Gasteiger partial charge on any atom is 0.350 e. The van der Waals surface area contributed by atoms with E-state index in [0.29, 0.717) is 34.7 Å². The molecule has 0 unspecified atom stereocenters. The topological polar surface area (TPSA) is 82.0 Å². The minimum Gasteiger partial charge on any atom is -0.490 e. The van der Waals surface area contributed by atoms with E-state index in [9.17, 15) is 4.79 Å². The number of rotatable bonds is 9. The van der Waals surface area contributed by atoms with E-state index in [0.717, 1.165) is 17.7 Å². The Labute approximate surface area is 157 Å². The van der Waals surface area contributed by atoms with Crippen molar-refractivity contribution in [3.63, 3.8) is 0 Å². The zero-order valence-corrected chi connectivity index (χ0v) is 16.2. The number of hydrazone groups is 1. The lowest BCUT2D eigenvalue weighted by Gasteiger charge is -2.11. The minimum absolute atomic E-state index is 0.402. The first kappa shape index (κ1) is 19.7. The SMILES string of the molecule is CCCOc1ccc(/C=N\Nc2nc(C)c(C(=O)OC)s2)cc1OCC. The van der Waals surface area contributed by atoms with Crippen LogP contribution in [0.5, 0.6) is 11.5 Å². The molecule has 0 fully saturated rings. The van der Waals surface area contributed by atoms with Crippen molar-refractivity contribution in [3.8, 4) is 11.5 Å². The average Bonchev–Trinajstić information content (AvgIpc) is 3.01. The number of hydrogen-bond donors (Lipinski definition) is 1. The van der Waals surface area contributed by atoms with Crippen LogP contribution in [-0.4, -0.2) is 37.5 Å². The number of esters is 1. The van der Waals surface area contributed by atoms with Gasteiger partial charge < -0.3 is 14.2 Å². The molecule has 1 heterocycles. The van der Waals surface area contributed by atoms with Crippen molar-refractivity contribution >= 4 is 28.7 Å². The standard InChI is InChI=1S/C18H23N3O4S/c1-5-9-25-14-8-7-13(10-15(14)24-6-2)11-19-21-18-20-12(3)16(26-18)17(22)23-4/h7-8,10-11H,5-6,9H2,1-4H3,(H,20,21)/b19-11-.